The van der Waals surface area contributed by atoms with E-state index in [0.717, 1.165) is 36.8 Å². The Morgan fingerprint density at radius 1 is 1.15 bits per heavy atom. The van der Waals surface area contributed by atoms with E-state index in [1.54, 1.807) is 36.4 Å². The van der Waals surface area contributed by atoms with Gasteiger partial charge in [0.1, 0.15) is 10.6 Å². The monoisotopic (exact) mass is 403 g/mol. The topological polar surface area (TPSA) is 67.2 Å². The van der Waals surface area contributed by atoms with Crippen LogP contribution in [0.2, 0.25) is 0 Å². The third-order valence-corrected chi connectivity index (χ3v) is 6.83. The second kappa shape index (κ2) is 7.92. The lowest BCUT2D eigenvalue weighted by Gasteiger charge is -2.15. The summed E-state index contributed by atoms with van der Waals surface area (Å²) in [4.78, 5) is 0.125. The maximum absolute atomic E-state index is 12.3. The van der Waals surface area contributed by atoms with Crippen LogP contribution in [0.25, 0.3) is 0 Å². The number of nitrogens with zero attached hydrogens (tertiary/aromatic N) is 1. The van der Waals surface area contributed by atoms with Gasteiger partial charge in [0.2, 0.25) is 0 Å². The molecule has 1 aliphatic carbocycles. The Labute approximate surface area is 165 Å². The van der Waals surface area contributed by atoms with Gasteiger partial charge in [-0.3, -0.25) is 0 Å². The van der Waals surface area contributed by atoms with Crippen molar-refractivity contribution in [1.29, 1.82) is 5.26 Å². The molecular formula is C21H22ClNO3S. The average Bonchev–Trinajstić information content (AvgIpc) is 3.41. The van der Waals surface area contributed by atoms with Crippen LogP contribution in [0.3, 0.4) is 0 Å². The molecule has 4 nitrogen and oxygen atoms in total. The maximum Gasteiger partial charge on any atom is 0.339 e. The average molecular weight is 404 g/mol. The summed E-state index contributed by atoms with van der Waals surface area (Å²) in [6.45, 7) is 1.89. The highest BCUT2D eigenvalue weighted by Crippen LogP contribution is 2.53. The van der Waals surface area contributed by atoms with Crippen LogP contribution in [-0.4, -0.2) is 8.42 Å². The van der Waals surface area contributed by atoms with E-state index in [9.17, 15) is 8.42 Å². The molecule has 0 saturated heterocycles. The number of nitriles is 1. The van der Waals surface area contributed by atoms with Crippen molar-refractivity contribution in [3.8, 4) is 11.8 Å². The smallest absolute Gasteiger partial charge is 0.339 e. The van der Waals surface area contributed by atoms with Crippen molar-refractivity contribution in [2.45, 2.75) is 49.3 Å². The van der Waals surface area contributed by atoms with Gasteiger partial charge in [-0.2, -0.15) is 13.7 Å². The van der Waals surface area contributed by atoms with Crippen LogP contribution in [0.5, 0.6) is 5.75 Å². The molecule has 142 valence electrons. The summed E-state index contributed by atoms with van der Waals surface area (Å²) >= 11 is 6.49. The summed E-state index contributed by atoms with van der Waals surface area (Å²) in [5.41, 5.74) is 2.08. The van der Waals surface area contributed by atoms with Gasteiger partial charge in [-0.15, -0.1) is 11.6 Å². The van der Waals surface area contributed by atoms with E-state index < -0.39 is 10.1 Å². The highest BCUT2D eigenvalue weighted by atomic mass is 35.5. The number of benzene rings is 2. The molecular weight excluding hydrogens is 382 g/mol. The van der Waals surface area contributed by atoms with Crippen molar-refractivity contribution in [3.05, 3.63) is 59.7 Å². The number of aryl methyl sites for hydroxylation is 1. The first-order valence-corrected chi connectivity index (χ1v) is 10.8. The van der Waals surface area contributed by atoms with Crippen molar-refractivity contribution in [2.24, 2.45) is 5.41 Å². The van der Waals surface area contributed by atoms with E-state index in [1.807, 2.05) is 6.92 Å². The molecule has 0 bridgehead atoms. The van der Waals surface area contributed by atoms with Crippen LogP contribution in [0, 0.1) is 23.7 Å². The molecule has 0 spiro atoms. The van der Waals surface area contributed by atoms with Crippen molar-refractivity contribution in [1.82, 2.24) is 0 Å². The van der Waals surface area contributed by atoms with E-state index in [2.05, 4.69) is 6.07 Å². The number of hydrogen-bond donors (Lipinski definition) is 0. The quantitative estimate of drug-likeness (QED) is 0.430. The zero-order chi connectivity index (χ0) is 19.5. The van der Waals surface area contributed by atoms with Crippen LogP contribution in [-0.2, 0) is 10.1 Å². The molecule has 6 heteroatoms. The zero-order valence-electron chi connectivity index (χ0n) is 15.2. The van der Waals surface area contributed by atoms with Crippen molar-refractivity contribution >= 4 is 21.7 Å². The van der Waals surface area contributed by atoms with E-state index in [4.69, 9.17) is 21.0 Å². The summed E-state index contributed by atoms with van der Waals surface area (Å²) in [7, 11) is -3.85. The molecule has 0 aliphatic heterocycles. The van der Waals surface area contributed by atoms with Crippen LogP contribution in [0.4, 0.5) is 0 Å². The lowest BCUT2D eigenvalue weighted by Crippen LogP contribution is -2.09. The van der Waals surface area contributed by atoms with E-state index >= 15 is 0 Å². The molecule has 1 saturated carbocycles. The first-order chi connectivity index (χ1) is 12.8. The van der Waals surface area contributed by atoms with Gasteiger partial charge in [-0.1, -0.05) is 29.8 Å². The van der Waals surface area contributed by atoms with Gasteiger partial charge in [-0.25, -0.2) is 0 Å². The van der Waals surface area contributed by atoms with Crippen molar-refractivity contribution in [3.63, 3.8) is 0 Å². The van der Waals surface area contributed by atoms with Crippen LogP contribution in [0.1, 0.15) is 48.6 Å². The molecule has 2 aromatic rings. The minimum Gasteiger partial charge on any atom is -0.379 e. The van der Waals surface area contributed by atoms with Gasteiger partial charge in [-0.05, 0) is 67.9 Å². The maximum atomic E-state index is 12.3. The standard InChI is InChI=1S/C21H22ClNO3S/c1-16-2-8-19(9-3-16)27(24,25)26-18-6-4-17(5-7-18)20(22)10-11-21(12-13-21)14-15-23/h2-9,20H,10-14H2,1H3. The van der Waals surface area contributed by atoms with Crippen LogP contribution < -0.4 is 4.18 Å². The summed E-state index contributed by atoms with van der Waals surface area (Å²) < 4.78 is 29.9. The first kappa shape index (κ1) is 19.7. The Balaban J connectivity index is 1.61. The lowest BCUT2D eigenvalue weighted by molar-refractivity contribution is 0.454. The van der Waals surface area contributed by atoms with Gasteiger partial charge in [0, 0.05) is 6.42 Å². The summed E-state index contributed by atoms with van der Waals surface area (Å²) in [6.07, 6.45) is 4.54. The summed E-state index contributed by atoms with van der Waals surface area (Å²) in [5.74, 6) is 0.256. The van der Waals surface area contributed by atoms with E-state index in [0.29, 0.717) is 6.42 Å². The molecule has 1 fully saturated rings. The fraction of sp³-hybridized carbons (Fsp3) is 0.381. The Hall–Kier alpha value is -2.03. The summed E-state index contributed by atoms with van der Waals surface area (Å²) in [6, 6.07) is 15.6. The fourth-order valence-electron chi connectivity index (χ4n) is 3.07. The molecule has 0 radical (unpaired) electrons. The third-order valence-electron chi connectivity index (χ3n) is 5.10. The van der Waals surface area contributed by atoms with Crippen molar-refractivity contribution in [2.75, 3.05) is 0 Å². The molecule has 1 unspecified atom stereocenters. The van der Waals surface area contributed by atoms with Crippen LogP contribution in [0.15, 0.2) is 53.4 Å². The molecule has 0 amide bonds. The predicted octanol–water partition coefficient (Wildman–Crippen LogP) is 5.52. The number of rotatable bonds is 8. The number of hydrogen-bond acceptors (Lipinski definition) is 4. The Morgan fingerprint density at radius 3 is 2.33 bits per heavy atom. The van der Waals surface area contributed by atoms with Gasteiger partial charge < -0.3 is 4.18 Å². The minimum absolute atomic E-state index is 0.125. The second-order valence-electron chi connectivity index (χ2n) is 7.26. The number of alkyl halides is 1. The third kappa shape index (κ3) is 5.03. The van der Waals surface area contributed by atoms with Gasteiger partial charge >= 0.3 is 10.1 Å². The number of halogens is 1. The Morgan fingerprint density at radius 2 is 1.78 bits per heavy atom. The zero-order valence-corrected chi connectivity index (χ0v) is 16.8. The van der Waals surface area contributed by atoms with Gasteiger partial charge in [0.15, 0.2) is 0 Å². The van der Waals surface area contributed by atoms with Gasteiger partial charge in [0.05, 0.1) is 11.4 Å². The van der Waals surface area contributed by atoms with Gasteiger partial charge in [0.25, 0.3) is 0 Å². The summed E-state index contributed by atoms with van der Waals surface area (Å²) in [5, 5.41) is 8.73. The van der Waals surface area contributed by atoms with E-state index in [1.165, 1.54) is 12.1 Å². The van der Waals surface area contributed by atoms with E-state index in [-0.39, 0.29) is 21.4 Å². The molecule has 0 N–H and O–H groups in total. The minimum atomic E-state index is -3.85. The second-order valence-corrected chi connectivity index (χ2v) is 9.33. The van der Waals surface area contributed by atoms with Crippen LogP contribution >= 0.6 is 11.6 Å². The Kier molecular flexibility index (Phi) is 5.78. The fourth-order valence-corrected chi connectivity index (χ4v) is 4.26. The molecule has 2 aromatic carbocycles. The predicted molar refractivity (Wildman–Crippen MR) is 105 cm³/mol. The highest BCUT2D eigenvalue weighted by molar-refractivity contribution is 7.87. The largest absolute Gasteiger partial charge is 0.379 e. The highest BCUT2D eigenvalue weighted by Gasteiger charge is 2.42. The molecule has 1 aliphatic rings. The molecule has 0 aromatic heterocycles. The first-order valence-electron chi connectivity index (χ1n) is 8.96. The molecule has 27 heavy (non-hydrogen) atoms. The molecule has 0 heterocycles. The SMILES string of the molecule is Cc1ccc(S(=O)(=O)Oc2ccc(C(Cl)CCC3(CC#N)CC3)cc2)cc1. The normalized spacial score (nSPS) is 16.3. The van der Waals surface area contributed by atoms with Crippen molar-refractivity contribution < 1.29 is 12.6 Å². The molecule has 1 atom stereocenters. The molecule has 3 rings (SSSR count). The Bertz CT molecular complexity index is 927. The lowest BCUT2D eigenvalue weighted by atomic mass is 9.94.